The van der Waals surface area contributed by atoms with Gasteiger partial charge in [0.25, 0.3) is 5.88 Å². The van der Waals surface area contributed by atoms with E-state index in [1.807, 2.05) is 37.7 Å². The van der Waals surface area contributed by atoms with E-state index < -0.39 is 0 Å². The second-order valence-corrected chi connectivity index (χ2v) is 4.55. The summed E-state index contributed by atoms with van der Waals surface area (Å²) in [5, 5.41) is 3.01. The number of ether oxygens (including phenoxy) is 1. The quantitative estimate of drug-likeness (QED) is 0.882. The van der Waals surface area contributed by atoms with Gasteiger partial charge in [-0.25, -0.2) is 4.98 Å². The first-order valence-electron chi connectivity index (χ1n) is 5.76. The van der Waals surface area contributed by atoms with Crippen LogP contribution in [0.2, 0.25) is 0 Å². The molecule has 0 aliphatic heterocycles. The number of rotatable bonds is 4. The van der Waals surface area contributed by atoms with Crippen LogP contribution in [0.3, 0.4) is 0 Å². The third-order valence-corrected chi connectivity index (χ3v) is 2.82. The van der Waals surface area contributed by atoms with E-state index in [-0.39, 0.29) is 5.60 Å². The summed E-state index contributed by atoms with van der Waals surface area (Å²) in [4.78, 5) is 8.67. The van der Waals surface area contributed by atoms with Gasteiger partial charge in [0.2, 0.25) is 5.65 Å². The number of nitrogens with zero attached hydrogens (tertiary/aromatic N) is 3. The number of fused-ring (bicyclic) bond motifs is 1. The Kier molecular flexibility index (Phi) is 2.92. The molecule has 0 amide bonds. The van der Waals surface area contributed by atoms with Gasteiger partial charge in [0, 0.05) is 19.4 Å². The molecule has 0 bridgehead atoms. The highest BCUT2D eigenvalue weighted by Crippen LogP contribution is 2.24. The molecule has 2 aromatic heterocycles. The minimum Gasteiger partial charge on any atom is -0.469 e. The summed E-state index contributed by atoms with van der Waals surface area (Å²) in [6.45, 7) is 6.17. The lowest BCUT2D eigenvalue weighted by Crippen LogP contribution is -2.27. The second-order valence-electron chi connectivity index (χ2n) is 4.55. The number of hydrogen-bond acceptors (Lipinski definition) is 4. The minimum absolute atomic E-state index is 0.244. The van der Waals surface area contributed by atoms with Crippen LogP contribution in [0.25, 0.3) is 5.65 Å². The van der Waals surface area contributed by atoms with E-state index >= 15 is 0 Å². The Hall–Kier alpha value is -1.78. The van der Waals surface area contributed by atoms with E-state index in [1.165, 1.54) is 0 Å². The largest absolute Gasteiger partial charge is 0.469 e. The maximum Gasteiger partial charge on any atom is 0.260 e. The van der Waals surface area contributed by atoms with Crippen LogP contribution in [0.1, 0.15) is 27.2 Å². The normalized spacial score (nSPS) is 11.8. The molecule has 0 aliphatic carbocycles. The average molecular weight is 234 g/mol. The van der Waals surface area contributed by atoms with Gasteiger partial charge in [-0.1, -0.05) is 6.92 Å². The summed E-state index contributed by atoms with van der Waals surface area (Å²) in [5.41, 5.74) is 0.497. The average Bonchev–Trinajstić information content (AvgIpc) is 2.76. The molecular formula is C12H18N4O. The van der Waals surface area contributed by atoms with Gasteiger partial charge in [-0.3, -0.25) is 4.40 Å². The van der Waals surface area contributed by atoms with E-state index in [4.69, 9.17) is 4.74 Å². The molecule has 5 nitrogen and oxygen atoms in total. The molecule has 0 fully saturated rings. The van der Waals surface area contributed by atoms with Crippen LogP contribution in [-0.4, -0.2) is 27.0 Å². The van der Waals surface area contributed by atoms with Gasteiger partial charge < -0.3 is 10.1 Å². The molecule has 17 heavy (non-hydrogen) atoms. The fourth-order valence-corrected chi connectivity index (χ4v) is 1.43. The van der Waals surface area contributed by atoms with Gasteiger partial charge in [-0.15, -0.1) is 0 Å². The minimum atomic E-state index is -0.244. The molecule has 2 rings (SSSR count). The summed E-state index contributed by atoms with van der Waals surface area (Å²) in [7, 11) is 1.83. The van der Waals surface area contributed by atoms with Gasteiger partial charge in [-0.05, 0) is 20.3 Å². The van der Waals surface area contributed by atoms with Gasteiger partial charge in [0.15, 0.2) is 0 Å². The molecule has 0 aliphatic rings. The zero-order valence-electron chi connectivity index (χ0n) is 10.7. The Labute approximate surface area is 101 Å². The number of aromatic nitrogens is 3. The predicted octanol–water partition coefficient (Wildman–Crippen LogP) is 2.34. The lowest BCUT2D eigenvalue weighted by Gasteiger charge is -2.24. The Morgan fingerprint density at radius 3 is 2.88 bits per heavy atom. The molecule has 0 saturated heterocycles. The first kappa shape index (κ1) is 11.7. The maximum absolute atomic E-state index is 5.93. The van der Waals surface area contributed by atoms with Crippen LogP contribution in [0, 0.1) is 0 Å². The molecule has 1 N–H and O–H groups in total. The molecule has 0 unspecified atom stereocenters. The van der Waals surface area contributed by atoms with Gasteiger partial charge in [0.05, 0.1) is 6.20 Å². The highest BCUT2D eigenvalue weighted by Gasteiger charge is 2.20. The van der Waals surface area contributed by atoms with Crippen molar-refractivity contribution in [3.05, 3.63) is 18.6 Å². The van der Waals surface area contributed by atoms with Crippen LogP contribution in [0.4, 0.5) is 5.82 Å². The molecular weight excluding hydrogens is 216 g/mol. The SMILES string of the molecule is CCC(C)(C)Oc1nc(NC)cn2ccnc12. The molecule has 92 valence electrons. The molecule has 2 aromatic rings. The third kappa shape index (κ3) is 2.33. The van der Waals surface area contributed by atoms with Crippen LogP contribution >= 0.6 is 0 Å². The Morgan fingerprint density at radius 1 is 1.47 bits per heavy atom. The Morgan fingerprint density at radius 2 is 2.24 bits per heavy atom. The maximum atomic E-state index is 5.93. The summed E-state index contributed by atoms with van der Waals surface area (Å²) >= 11 is 0. The zero-order chi connectivity index (χ0) is 12.5. The van der Waals surface area contributed by atoms with Crippen molar-refractivity contribution in [2.45, 2.75) is 32.8 Å². The molecule has 0 radical (unpaired) electrons. The number of hydrogen-bond donors (Lipinski definition) is 1. The van der Waals surface area contributed by atoms with E-state index in [0.717, 1.165) is 17.9 Å². The van der Waals surface area contributed by atoms with E-state index in [1.54, 1.807) is 6.20 Å². The van der Waals surface area contributed by atoms with Crippen molar-refractivity contribution in [2.75, 3.05) is 12.4 Å². The highest BCUT2D eigenvalue weighted by atomic mass is 16.5. The molecule has 5 heteroatoms. The van der Waals surface area contributed by atoms with Crippen molar-refractivity contribution in [3.8, 4) is 5.88 Å². The van der Waals surface area contributed by atoms with Gasteiger partial charge in [-0.2, -0.15) is 4.98 Å². The monoisotopic (exact) mass is 234 g/mol. The summed E-state index contributed by atoms with van der Waals surface area (Å²) in [5.74, 6) is 1.33. The van der Waals surface area contributed by atoms with Crippen molar-refractivity contribution in [1.29, 1.82) is 0 Å². The zero-order valence-corrected chi connectivity index (χ0v) is 10.7. The Bertz CT molecular complexity index is 518. The first-order valence-corrected chi connectivity index (χ1v) is 5.76. The van der Waals surface area contributed by atoms with Crippen LogP contribution in [0.5, 0.6) is 5.88 Å². The highest BCUT2D eigenvalue weighted by molar-refractivity contribution is 5.53. The summed E-state index contributed by atoms with van der Waals surface area (Å²) in [6.07, 6.45) is 6.41. The molecule has 0 saturated carbocycles. The van der Waals surface area contributed by atoms with Crippen molar-refractivity contribution in [2.24, 2.45) is 0 Å². The third-order valence-electron chi connectivity index (χ3n) is 2.82. The molecule has 0 spiro atoms. The summed E-state index contributed by atoms with van der Waals surface area (Å²) < 4.78 is 7.83. The second kappa shape index (κ2) is 4.24. The van der Waals surface area contributed by atoms with Crippen molar-refractivity contribution in [3.63, 3.8) is 0 Å². The smallest absolute Gasteiger partial charge is 0.260 e. The van der Waals surface area contributed by atoms with E-state index in [9.17, 15) is 0 Å². The van der Waals surface area contributed by atoms with Gasteiger partial charge >= 0.3 is 0 Å². The molecule has 2 heterocycles. The number of anilines is 1. The molecule has 0 aromatic carbocycles. The lowest BCUT2D eigenvalue weighted by molar-refractivity contribution is 0.101. The molecule has 0 atom stereocenters. The van der Waals surface area contributed by atoms with E-state index in [2.05, 4.69) is 22.2 Å². The van der Waals surface area contributed by atoms with Crippen LogP contribution in [0.15, 0.2) is 18.6 Å². The van der Waals surface area contributed by atoms with E-state index in [0.29, 0.717) is 5.88 Å². The Balaban J connectivity index is 2.47. The van der Waals surface area contributed by atoms with Crippen molar-refractivity contribution >= 4 is 11.5 Å². The topological polar surface area (TPSA) is 51.5 Å². The summed E-state index contributed by atoms with van der Waals surface area (Å²) in [6, 6.07) is 0. The lowest BCUT2D eigenvalue weighted by atomic mass is 10.1. The number of nitrogens with one attached hydrogen (secondary N) is 1. The van der Waals surface area contributed by atoms with Crippen molar-refractivity contribution < 1.29 is 4.74 Å². The number of imidazole rings is 1. The van der Waals surface area contributed by atoms with Crippen molar-refractivity contribution in [1.82, 2.24) is 14.4 Å². The van der Waals surface area contributed by atoms with Crippen LogP contribution in [-0.2, 0) is 0 Å². The van der Waals surface area contributed by atoms with Crippen LogP contribution < -0.4 is 10.1 Å². The fraction of sp³-hybridized carbons (Fsp3) is 0.500. The standard InChI is InChI=1S/C12H18N4O/c1-5-12(2,3)17-11-10-14-6-7-16(10)8-9(13-4)15-11/h6-8,13H,5H2,1-4H3. The first-order chi connectivity index (χ1) is 8.05. The van der Waals surface area contributed by atoms with Gasteiger partial charge in [0.1, 0.15) is 11.4 Å². The fourth-order valence-electron chi connectivity index (χ4n) is 1.43. The predicted molar refractivity (Wildman–Crippen MR) is 67.5 cm³/mol.